The van der Waals surface area contributed by atoms with Crippen LogP contribution in [0.1, 0.15) is 24.6 Å². The highest BCUT2D eigenvalue weighted by Crippen LogP contribution is 2.54. The van der Waals surface area contributed by atoms with Crippen LogP contribution in [0.25, 0.3) is 11.4 Å². The number of hydrogen-bond donors (Lipinski definition) is 0. The average molecular weight is 604 g/mol. The first kappa shape index (κ1) is 27.8. The van der Waals surface area contributed by atoms with Gasteiger partial charge in [0.2, 0.25) is 0 Å². The summed E-state index contributed by atoms with van der Waals surface area (Å²) in [6, 6.07) is 1.75. The van der Waals surface area contributed by atoms with Crippen LogP contribution in [0.5, 0.6) is 0 Å². The van der Waals surface area contributed by atoms with Crippen LogP contribution in [0.3, 0.4) is 0 Å². The highest BCUT2D eigenvalue weighted by molar-refractivity contribution is 9.10. The van der Waals surface area contributed by atoms with Gasteiger partial charge < -0.3 is 9.30 Å². The highest BCUT2D eigenvalue weighted by Gasteiger charge is 2.75. The lowest BCUT2D eigenvalue weighted by atomic mass is 9.87. The molecule has 194 valence electrons. The van der Waals surface area contributed by atoms with Gasteiger partial charge in [-0.15, -0.1) is 11.6 Å². The first-order chi connectivity index (χ1) is 16.5. The third kappa shape index (κ3) is 4.54. The van der Waals surface area contributed by atoms with Crippen LogP contribution in [0.2, 0.25) is 0 Å². The fourth-order valence-corrected chi connectivity index (χ4v) is 4.47. The molecular weight excluding hydrogens is 589 g/mol. The number of rotatable bonds is 5. The van der Waals surface area contributed by atoms with E-state index in [9.17, 15) is 35.5 Å². The van der Waals surface area contributed by atoms with Gasteiger partial charge in [0.15, 0.2) is 0 Å². The van der Waals surface area contributed by atoms with Gasteiger partial charge in [-0.1, -0.05) is 6.08 Å². The zero-order chi connectivity index (χ0) is 27.3. The molecule has 2 aromatic rings. The fraction of sp³-hybridized carbons (Fsp3) is 0.381. The Kier molecular flexibility index (Phi) is 7.15. The maximum Gasteiger partial charge on any atom is 0.437 e. The number of halogens is 9. The van der Waals surface area contributed by atoms with Crippen molar-refractivity contribution in [3.63, 3.8) is 0 Å². The van der Waals surface area contributed by atoms with Gasteiger partial charge in [-0.25, -0.2) is 13.9 Å². The van der Waals surface area contributed by atoms with Crippen molar-refractivity contribution in [1.29, 1.82) is 5.26 Å². The molecule has 0 saturated carbocycles. The van der Waals surface area contributed by atoms with E-state index in [1.807, 2.05) is 0 Å². The van der Waals surface area contributed by atoms with Crippen LogP contribution >= 0.6 is 27.5 Å². The van der Waals surface area contributed by atoms with Gasteiger partial charge in [-0.2, -0.15) is 36.7 Å². The Morgan fingerprint density at radius 1 is 1.28 bits per heavy atom. The minimum absolute atomic E-state index is 0.116. The predicted octanol–water partition coefficient (Wildman–Crippen LogP) is 6.13. The molecule has 15 heteroatoms. The Labute approximate surface area is 212 Å². The van der Waals surface area contributed by atoms with Gasteiger partial charge in [0.25, 0.3) is 0 Å². The fourth-order valence-electron chi connectivity index (χ4n) is 3.65. The van der Waals surface area contributed by atoms with E-state index in [-0.39, 0.29) is 21.0 Å². The number of ether oxygens (including phenoxy) is 1. The van der Waals surface area contributed by atoms with Gasteiger partial charge in [0, 0.05) is 11.8 Å². The van der Waals surface area contributed by atoms with Crippen molar-refractivity contribution in [3.05, 3.63) is 51.9 Å². The van der Waals surface area contributed by atoms with Crippen LogP contribution < -0.4 is 0 Å². The number of methoxy groups -OCH3 is 1. The summed E-state index contributed by atoms with van der Waals surface area (Å²) < 4.78 is 101. The number of esters is 1. The van der Waals surface area contributed by atoms with Gasteiger partial charge in [-0.3, -0.25) is 0 Å². The van der Waals surface area contributed by atoms with E-state index in [1.54, 1.807) is 13.0 Å². The lowest BCUT2D eigenvalue weighted by Crippen LogP contribution is -2.51. The quantitative estimate of drug-likeness (QED) is 0.234. The molecule has 0 radical (unpaired) electrons. The van der Waals surface area contributed by atoms with Crippen molar-refractivity contribution in [1.82, 2.24) is 14.3 Å². The number of carbonyl (C=O) groups excluding carboxylic acids is 1. The van der Waals surface area contributed by atoms with Crippen LogP contribution in [0.4, 0.5) is 30.7 Å². The molecule has 6 nitrogen and oxygen atoms in total. The van der Waals surface area contributed by atoms with Gasteiger partial charge in [0.05, 0.1) is 40.0 Å². The van der Waals surface area contributed by atoms with E-state index in [2.05, 4.69) is 21.0 Å². The second kappa shape index (κ2) is 9.26. The van der Waals surface area contributed by atoms with Crippen LogP contribution in [0, 0.1) is 11.3 Å². The third-order valence-electron chi connectivity index (χ3n) is 5.49. The molecular formula is C21H15BrClF7N4O2. The molecule has 3 rings (SSSR count). The Hall–Kier alpha value is -2.79. The van der Waals surface area contributed by atoms with Crippen molar-refractivity contribution in [2.75, 3.05) is 7.11 Å². The molecule has 0 bridgehead atoms. The normalized spacial score (nSPS) is 18.9. The molecule has 0 fully saturated rings. The van der Waals surface area contributed by atoms with Gasteiger partial charge in [0.1, 0.15) is 12.4 Å². The molecule has 1 atom stereocenters. The van der Waals surface area contributed by atoms with E-state index in [0.717, 1.165) is 11.8 Å². The number of allylic oxidation sites excluding steroid dienone is 3. The molecule has 2 aromatic heterocycles. The van der Waals surface area contributed by atoms with Crippen molar-refractivity contribution in [2.45, 2.75) is 42.8 Å². The zero-order valence-corrected chi connectivity index (χ0v) is 20.6. The monoisotopic (exact) mass is 602 g/mol. The lowest BCUT2D eigenvalue weighted by Gasteiger charge is -2.30. The molecule has 1 aliphatic rings. The maximum absolute atomic E-state index is 14.8. The van der Waals surface area contributed by atoms with Crippen molar-refractivity contribution < 1.29 is 40.3 Å². The number of alkyl halides is 8. The molecule has 0 N–H and O–H groups in total. The summed E-state index contributed by atoms with van der Waals surface area (Å²) in [5.74, 6) is -1.15. The second-order valence-electron chi connectivity index (χ2n) is 7.88. The van der Waals surface area contributed by atoms with E-state index in [0.29, 0.717) is 17.2 Å². The number of aromatic nitrogens is 3. The van der Waals surface area contributed by atoms with Crippen LogP contribution in [-0.4, -0.2) is 44.7 Å². The predicted molar refractivity (Wildman–Crippen MR) is 117 cm³/mol. The van der Waals surface area contributed by atoms with E-state index in [4.69, 9.17) is 21.6 Å². The molecule has 36 heavy (non-hydrogen) atoms. The molecule has 0 spiro atoms. The van der Waals surface area contributed by atoms with E-state index >= 15 is 0 Å². The molecule has 0 amide bonds. The third-order valence-corrected chi connectivity index (χ3v) is 6.43. The maximum atomic E-state index is 14.8. The first-order valence-corrected chi connectivity index (χ1v) is 11.0. The minimum atomic E-state index is -6.38. The van der Waals surface area contributed by atoms with Gasteiger partial charge in [-0.05, 0) is 47.0 Å². The Morgan fingerprint density at radius 3 is 2.42 bits per heavy atom. The summed E-state index contributed by atoms with van der Waals surface area (Å²) in [6.07, 6.45) is -7.05. The Bertz CT molecular complexity index is 1280. The molecule has 0 aliphatic heterocycles. The summed E-state index contributed by atoms with van der Waals surface area (Å²) in [7, 11) is 1.16. The Morgan fingerprint density at radius 2 is 1.89 bits per heavy atom. The first-order valence-electron chi connectivity index (χ1n) is 9.83. The Balaban J connectivity index is 2.17. The lowest BCUT2D eigenvalue weighted by molar-refractivity contribution is -0.350. The van der Waals surface area contributed by atoms with Crippen LogP contribution in [-0.2, 0) is 21.7 Å². The van der Waals surface area contributed by atoms with E-state index < -0.39 is 46.9 Å². The zero-order valence-electron chi connectivity index (χ0n) is 18.3. The number of carbonyl (C=O) groups is 1. The SMILES string of the molecule is COC(=O)C1=CC(c2cnn(-c3c(Br)cc(C(F)(C(F)(F)F)C(F)(F)F)n3CC#N)c2)=CCC1(C)Cl. The number of nitrogens with zero attached hydrogens (tertiary/aromatic N) is 4. The summed E-state index contributed by atoms with van der Waals surface area (Å²) in [6.45, 7) is 0.537. The number of nitriles is 1. The summed E-state index contributed by atoms with van der Waals surface area (Å²) in [5.41, 5.74) is -6.76. The standard InChI is InChI=1S/C21H15BrClF7N4O2/c1-18(23)4-3-11(7-13(18)17(35)36-2)12-9-32-34(10-12)16-14(22)8-15(33(16)6-5-31)19(24,20(25,26)27)21(28,29)30/h3,7-10H,4,6H2,1-2H3. The van der Waals surface area contributed by atoms with Crippen molar-refractivity contribution >= 4 is 39.1 Å². The summed E-state index contributed by atoms with van der Waals surface area (Å²) in [5, 5.41) is 13.0. The van der Waals surface area contributed by atoms with Crippen molar-refractivity contribution in [2.24, 2.45) is 0 Å². The summed E-state index contributed by atoms with van der Waals surface area (Å²) >= 11 is 9.23. The minimum Gasteiger partial charge on any atom is -0.466 e. The number of hydrogen-bond acceptors (Lipinski definition) is 4. The highest BCUT2D eigenvalue weighted by atomic mass is 79.9. The second-order valence-corrected chi connectivity index (χ2v) is 9.57. The van der Waals surface area contributed by atoms with E-state index in [1.165, 1.54) is 24.5 Å². The summed E-state index contributed by atoms with van der Waals surface area (Å²) in [4.78, 5) is 11.0. The average Bonchev–Trinajstić information content (AvgIpc) is 3.35. The van der Waals surface area contributed by atoms with Crippen LogP contribution in [0.15, 0.2) is 40.7 Å². The smallest absolute Gasteiger partial charge is 0.437 e. The molecule has 1 aliphatic carbocycles. The molecule has 0 aromatic carbocycles. The molecule has 2 heterocycles. The van der Waals surface area contributed by atoms with Crippen molar-refractivity contribution in [3.8, 4) is 11.9 Å². The largest absolute Gasteiger partial charge is 0.466 e. The van der Waals surface area contributed by atoms with Gasteiger partial charge >= 0.3 is 24.0 Å². The molecule has 1 unspecified atom stereocenters. The molecule has 0 saturated heterocycles. The topological polar surface area (TPSA) is 72.8 Å².